The van der Waals surface area contributed by atoms with Gasteiger partial charge < -0.3 is 19.1 Å². The van der Waals surface area contributed by atoms with Gasteiger partial charge in [0.1, 0.15) is 11.0 Å². The first-order valence-corrected chi connectivity index (χ1v) is 13.8. The number of carbonyl (C=O) groups excluding carboxylic acids is 1. The molecule has 0 radical (unpaired) electrons. The van der Waals surface area contributed by atoms with Crippen LogP contribution in [0, 0.1) is 0 Å². The zero-order valence-electron chi connectivity index (χ0n) is 19.0. The molecule has 1 amide bonds. The van der Waals surface area contributed by atoms with Crippen LogP contribution in [0.2, 0.25) is 0 Å². The minimum absolute atomic E-state index is 0.0560. The Balaban J connectivity index is 1.38. The molecular weight excluding hydrogens is 444 g/mol. The van der Waals surface area contributed by atoms with Crippen molar-refractivity contribution in [2.45, 2.75) is 74.3 Å². The zero-order valence-corrected chi connectivity index (χ0v) is 19.8. The van der Waals surface area contributed by atoms with Crippen molar-refractivity contribution < 1.29 is 27.4 Å². The molecular formula is C24H34N2O6S. The summed E-state index contributed by atoms with van der Waals surface area (Å²) in [5.74, 6) is 1.06. The van der Waals surface area contributed by atoms with E-state index in [0.717, 1.165) is 37.9 Å². The second-order valence-electron chi connectivity index (χ2n) is 9.69. The number of para-hydroxylation sites is 1. The SMILES string of the molecule is O=C1COc2ccccc2C2CCC(CC2)OC[C@H]2C(NS(=O)(=O)[C@H]3CCOC3)CCCN12. The number of hydrogen-bond acceptors (Lipinski definition) is 6. The normalized spacial score (nSPS) is 33.3. The van der Waals surface area contributed by atoms with Gasteiger partial charge >= 0.3 is 0 Å². The lowest BCUT2D eigenvalue weighted by atomic mass is 9.82. The van der Waals surface area contributed by atoms with Crippen LogP contribution in [0.1, 0.15) is 56.4 Å². The summed E-state index contributed by atoms with van der Waals surface area (Å²) in [6.45, 7) is 1.55. The van der Waals surface area contributed by atoms with Crippen LogP contribution in [0.15, 0.2) is 24.3 Å². The maximum atomic E-state index is 13.3. The molecule has 182 valence electrons. The number of nitrogens with zero attached hydrogens (tertiary/aromatic N) is 1. The molecule has 2 saturated heterocycles. The predicted octanol–water partition coefficient (Wildman–Crippen LogP) is 2.19. The quantitative estimate of drug-likeness (QED) is 0.716. The number of ether oxygens (including phenoxy) is 3. The second kappa shape index (κ2) is 9.90. The summed E-state index contributed by atoms with van der Waals surface area (Å²) in [7, 11) is -3.53. The van der Waals surface area contributed by atoms with E-state index in [1.165, 1.54) is 5.56 Å². The Morgan fingerprint density at radius 2 is 1.82 bits per heavy atom. The molecule has 9 heteroatoms. The summed E-state index contributed by atoms with van der Waals surface area (Å²) >= 11 is 0. The van der Waals surface area contributed by atoms with Crippen molar-refractivity contribution >= 4 is 15.9 Å². The van der Waals surface area contributed by atoms with Gasteiger partial charge in [0.25, 0.3) is 5.91 Å². The van der Waals surface area contributed by atoms with E-state index in [4.69, 9.17) is 14.2 Å². The molecule has 1 saturated carbocycles. The van der Waals surface area contributed by atoms with Crippen LogP contribution >= 0.6 is 0 Å². The predicted molar refractivity (Wildman–Crippen MR) is 123 cm³/mol. The maximum Gasteiger partial charge on any atom is 0.260 e. The monoisotopic (exact) mass is 478 g/mol. The van der Waals surface area contributed by atoms with Gasteiger partial charge in [-0.2, -0.15) is 0 Å². The van der Waals surface area contributed by atoms with Gasteiger partial charge in [-0.15, -0.1) is 0 Å². The van der Waals surface area contributed by atoms with Gasteiger partial charge in [-0.05, 0) is 62.5 Å². The summed E-state index contributed by atoms with van der Waals surface area (Å²) in [6.07, 6.45) is 6.00. The topological polar surface area (TPSA) is 94.2 Å². The Morgan fingerprint density at radius 1 is 1.00 bits per heavy atom. The van der Waals surface area contributed by atoms with Gasteiger partial charge in [0.2, 0.25) is 10.0 Å². The number of sulfonamides is 1. The van der Waals surface area contributed by atoms with Crippen molar-refractivity contribution in [3.05, 3.63) is 29.8 Å². The van der Waals surface area contributed by atoms with Gasteiger partial charge in [-0.1, -0.05) is 18.2 Å². The molecule has 4 heterocycles. The zero-order chi connectivity index (χ0) is 22.8. The van der Waals surface area contributed by atoms with Gasteiger partial charge in [-0.25, -0.2) is 13.1 Å². The van der Waals surface area contributed by atoms with Crippen LogP contribution in [0.3, 0.4) is 0 Å². The Kier molecular flexibility index (Phi) is 6.92. The molecule has 0 spiro atoms. The third kappa shape index (κ3) is 5.06. The average Bonchev–Trinajstić information content (AvgIpc) is 3.38. The molecule has 3 atom stereocenters. The van der Waals surface area contributed by atoms with Crippen molar-refractivity contribution in [1.29, 1.82) is 0 Å². The van der Waals surface area contributed by atoms with Crippen molar-refractivity contribution in [2.24, 2.45) is 0 Å². The Hall–Kier alpha value is -1.68. The summed E-state index contributed by atoms with van der Waals surface area (Å²) in [4.78, 5) is 15.0. The van der Waals surface area contributed by atoms with E-state index in [9.17, 15) is 13.2 Å². The highest BCUT2D eigenvalue weighted by Gasteiger charge is 2.40. The highest BCUT2D eigenvalue weighted by Crippen LogP contribution is 2.39. The summed E-state index contributed by atoms with van der Waals surface area (Å²) < 4.78 is 46.5. The van der Waals surface area contributed by atoms with Crippen molar-refractivity contribution in [2.75, 3.05) is 33.0 Å². The standard InChI is InChI=1S/C24H34N2O6S/c27-24-16-32-23-6-2-1-4-20(23)17-7-9-18(10-8-17)31-15-22-21(5-3-12-26(22)24)25-33(28,29)19-11-13-30-14-19/h1-2,4,6,17-19,21-22,25H,3,5,7-16H2/t17?,18?,19-,21?,22-/m0/s1. The number of hydrogen-bond donors (Lipinski definition) is 1. The van der Waals surface area contributed by atoms with E-state index in [-0.39, 0.29) is 37.3 Å². The molecule has 3 fully saturated rings. The number of rotatable bonds is 3. The van der Waals surface area contributed by atoms with Crippen LogP contribution < -0.4 is 9.46 Å². The molecule has 1 unspecified atom stereocenters. The van der Waals surface area contributed by atoms with E-state index in [1.807, 2.05) is 18.2 Å². The molecule has 1 aliphatic carbocycles. The van der Waals surface area contributed by atoms with Gasteiger partial charge in [0.15, 0.2) is 6.61 Å². The lowest BCUT2D eigenvalue weighted by molar-refractivity contribution is -0.140. The number of fused-ring (bicyclic) bond motifs is 5. The fourth-order valence-corrected chi connectivity index (χ4v) is 7.29. The van der Waals surface area contributed by atoms with Crippen molar-refractivity contribution in [1.82, 2.24) is 9.62 Å². The van der Waals surface area contributed by atoms with E-state index in [1.54, 1.807) is 4.90 Å². The Bertz CT molecular complexity index is 940. The first kappa shape index (κ1) is 23.1. The van der Waals surface area contributed by atoms with Crippen molar-refractivity contribution in [3.8, 4) is 5.75 Å². The lowest BCUT2D eigenvalue weighted by Crippen LogP contribution is -2.60. The van der Waals surface area contributed by atoms with Gasteiger partial charge in [0, 0.05) is 19.2 Å². The van der Waals surface area contributed by atoms with Crippen molar-refractivity contribution in [3.63, 3.8) is 0 Å². The van der Waals surface area contributed by atoms with E-state index < -0.39 is 15.3 Å². The molecule has 1 aromatic rings. The number of nitrogens with one attached hydrogen (secondary N) is 1. The fourth-order valence-electron chi connectivity index (χ4n) is 5.72. The average molecular weight is 479 g/mol. The Morgan fingerprint density at radius 3 is 2.61 bits per heavy atom. The molecule has 8 nitrogen and oxygen atoms in total. The number of amides is 1. The van der Waals surface area contributed by atoms with Crippen LogP contribution in [0.5, 0.6) is 5.75 Å². The molecule has 2 bridgehead atoms. The minimum Gasteiger partial charge on any atom is -0.483 e. The fraction of sp³-hybridized carbons (Fsp3) is 0.708. The number of benzene rings is 1. The summed E-state index contributed by atoms with van der Waals surface area (Å²) in [5.41, 5.74) is 1.17. The molecule has 1 aromatic carbocycles. The smallest absolute Gasteiger partial charge is 0.260 e. The van der Waals surface area contributed by atoms with Crippen LogP contribution in [-0.4, -0.2) is 75.6 Å². The second-order valence-corrected chi connectivity index (χ2v) is 11.7. The molecule has 33 heavy (non-hydrogen) atoms. The molecule has 5 aliphatic rings. The minimum atomic E-state index is -3.53. The highest BCUT2D eigenvalue weighted by molar-refractivity contribution is 7.90. The highest BCUT2D eigenvalue weighted by atomic mass is 32.2. The third-order valence-corrected chi connectivity index (χ3v) is 9.51. The largest absolute Gasteiger partial charge is 0.483 e. The maximum absolute atomic E-state index is 13.3. The van der Waals surface area contributed by atoms with E-state index >= 15 is 0 Å². The summed E-state index contributed by atoms with van der Waals surface area (Å²) in [5, 5.41) is -0.533. The Labute approximate surface area is 196 Å². The molecule has 4 aliphatic heterocycles. The van der Waals surface area contributed by atoms with Crippen LogP contribution in [0.4, 0.5) is 0 Å². The third-order valence-electron chi connectivity index (χ3n) is 7.63. The van der Waals surface area contributed by atoms with E-state index in [2.05, 4.69) is 10.8 Å². The molecule has 6 rings (SSSR count). The van der Waals surface area contributed by atoms with Crippen LogP contribution in [-0.2, 0) is 24.3 Å². The molecule has 0 aromatic heterocycles. The number of carbonyl (C=O) groups is 1. The van der Waals surface area contributed by atoms with E-state index in [0.29, 0.717) is 38.5 Å². The van der Waals surface area contributed by atoms with Gasteiger partial charge in [0.05, 0.1) is 25.4 Å². The number of piperidine rings is 1. The first-order valence-electron chi connectivity index (χ1n) is 12.2. The lowest BCUT2D eigenvalue weighted by Gasteiger charge is -2.42. The summed E-state index contributed by atoms with van der Waals surface area (Å²) in [6, 6.07) is 7.29. The van der Waals surface area contributed by atoms with Crippen LogP contribution in [0.25, 0.3) is 0 Å². The van der Waals surface area contributed by atoms with Gasteiger partial charge in [-0.3, -0.25) is 4.79 Å². The first-order chi connectivity index (χ1) is 16.0. The molecule has 1 N–H and O–H groups in total.